The van der Waals surface area contributed by atoms with E-state index in [4.69, 9.17) is 0 Å². The van der Waals surface area contributed by atoms with Crippen LogP contribution in [0.25, 0.3) is 0 Å². The molecular weight excluding hydrogens is 312 g/mol. The topological polar surface area (TPSA) is 23.6 Å². The fraction of sp³-hybridized carbons (Fsp3) is 0.471. The molecule has 3 heterocycles. The molecule has 1 aromatic rings. The van der Waals surface area contributed by atoms with Gasteiger partial charge in [0.25, 0.3) is 5.91 Å². The third kappa shape index (κ3) is 2.54. The van der Waals surface area contributed by atoms with Gasteiger partial charge in [0.1, 0.15) is 5.70 Å². The van der Waals surface area contributed by atoms with E-state index in [9.17, 15) is 4.79 Å². The number of amides is 1. The lowest BCUT2D eigenvalue weighted by molar-refractivity contribution is -0.128. The quantitative estimate of drug-likeness (QED) is 0.848. The highest BCUT2D eigenvalue weighted by Crippen LogP contribution is 2.41. The smallest absolute Gasteiger partial charge is 0.271 e. The Kier molecular flexibility index (Phi) is 4.09. The van der Waals surface area contributed by atoms with Gasteiger partial charge in [-0.15, -0.1) is 11.8 Å². The molecule has 1 saturated heterocycles. The second kappa shape index (κ2) is 6.20. The average Bonchev–Trinajstić information content (AvgIpc) is 2.88. The number of thioether (sulfide) groups is 2. The van der Waals surface area contributed by atoms with E-state index in [1.54, 1.807) is 0 Å². The molecule has 22 heavy (non-hydrogen) atoms. The first kappa shape index (κ1) is 14.5. The molecular formula is C17H20N2OS2. The summed E-state index contributed by atoms with van der Waals surface area (Å²) in [6.07, 6.45) is 1.01. The molecule has 116 valence electrons. The van der Waals surface area contributed by atoms with Crippen LogP contribution in [0, 0.1) is 0 Å². The van der Waals surface area contributed by atoms with E-state index in [1.165, 1.54) is 10.5 Å². The summed E-state index contributed by atoms with van der Waals surface area (Å²) in [7, 11) is 0. The van der Waals surface area contributed by atoms with Gasteiger partial charge >= 0.3 is 0 Å². The standard InChI is InChI=1S/C17H20N2OS2/c20-17-15-16(14-12-21-10-9-19(14)17)22-11-8-18(15)7-6-13-4-2-1-3-5-13/h1-5,14H,6-12H2. The molecule has 5 heteroatoms. The maximum absolute atomic E-state index is 12.8. The Bertz CT molecular complexity index is 602. The van der Waals surface area contributed by atoms with Crippen molar-refractivity contribution in [2.45, 2.75) is 12.5 Å². The number of rotatable bonds is 3. The maximum Gasteiger partial charge on any atom is 0.271 e. The minimum atomic E-state index is 0.278. The number of hydrogen-bond donors (Lipinski definition) is 0. The summed E-state index contributed by atoms with van der Waals surface area (Å²) in [5.41, 5.74) is 2.36. The second-order valence-electron chi connectivity index (χ2n) is 5.87. The van der Waals surface area contributed by atoms with Gasteiger partial charge in [0.05, 0.1) is 6.04 Å². The molecule has 0 spiro atoms. The van der Waals surface area contributed by atoms with Crippen LogP contribution in [-0.4, -0.2) is 58.6 Å². The van der Waals surface area contributed by atoms with Crippen LogP contribution < -0.4 is 0 Å². The number of carbonyl (C=O) groups is 1. The van der Waals surface area contributed by atoms with E-state index >= 15 is 0 Å². The molecule has 1 fully saturated rings. The van der Waals surface area contributed by atoms with Crippen molar-refractivity contribution >= 4 is 29.4 Å². The van der Waals surface area contributed by atoms with Crippen molar-refractivity contribution in [2.24, 2.45) is 0 Å². The lowest BCUT2D eigenvalue weighted by Crippen LogP contribution is -2.42. The molecule has 1 amide bonds. The highest BCUT2D eigenvalue weighted by Gasteiger charge is 2.44. The van der Waals surface area contributed by atoms with Gasteiger partial charge in [0.2, 0.25) is 0 Å². The van der Waals surface area contributed by atoms with Crippen molar-refractivity contribution in [1.82, 2.24) is 9.80 Å². The number of hydrogen-bond acceptors (Lipinski definition) is 4. The zero-order valence-corrected chi connectivity index (χ0v) is 14.2. The van der Waals surface area contributed by atoms with Gasteiger partial charge in [0, 0.05) is 41.8 Å². The molecule has 3 aliphatic rings. The van der Waals surface area contributed by atoms with Gasteiger partial charge in [-0.05, 0) is 12.0 Å². The SMILES string of the molecule is O=C1C2=C(SCCN2CCc2ccccc2)C2CSCCN12. The lowest BCUT2D eigenvalue weighted by Gasteiger charge is -2.30. The van der Waals surface area contributed by atoms with E-state index in [0.29, 0.717) is 6.04 Å². The van der Waals surface area contributed by atoms with Crippen LogP contribution in [0.4, 0.5) is 0 Å². The van der Waals surface area contributed by atoms with Crippen LogP contribution in [0.5, 0.6) is 0 Å². The Labute approximate surface area is 140 Å². The monoisotopic (exact) mass is 332 g/mol. The van der Waals surface area contributed by atoms with Crippen molar-refractivity contribution < 1.29 is 4.79 Å². The van der Waals surface area contributed by atoms with E-state index in [0.717, 1.165) is 49.0 Å². The molecule has 1 aromatic carbocycles. The summed E-state index contributed by atoms with van der Waals surface area (Å²) in [6, 6.07) is 10.9. The van der Waals surface area contributed by atoms with Crippen LogP contribution >= 0.6 is 23.5 Å². The van der Waals surface area contributed by atoms with Gasteiger partial charge in [-0.2, -0.15) is 11.8 Å². The van der Waals surface area contributed by atoms with Crippen LogP contribution in [0.3, 0.4) is 0 Å². The third-order valence-electron chi connectivity index (χ3n) is 4.58. The Morgan fingerprint density at radius 3 is 2.86 bits per heavy atom. The van der Waals surface area contributed by atoms with Gasteiger partial charge in [-0.3, -0.25) is 4.79 Å². The predicted molar refractivity (Wildman–Crippen MR) is 94.0 cm³/mol. The van der Waals surface area contributed by atoms with Gasteiger partial charge in [-0.25, -0.2) is 0 Å². The minimum Gasteiger partial charge on any atom is -0.365 e. The summed E-state index contributed by atoms with van der Waals surface area (Å²) in [4.78, 5) is 18.6. The van der Waals surface area contributed by atoms with Crippen molar-refractivity contribution in [3.63, 3.8) is 0 Å². The van der Waals surface area contributed by atoms with Crippen LogP contribution in [0.1, 0.15) is 5.56 Å². The van der Waals surface area contributed by atoms with Crippen LogP contribution in [0.15, 0.2) is 40.9 Å². The molecule has 0 bridgehead atoms. The molecule has 3 nitrogen and oxygen atoms in total. The number of benzene rings is 1. The third-order valence-corrected chi connectivity index (χ3v) is 6.76. The first-order chi connectivity index (χ1) is 10.8. The first-order valence-corrected chi connectivity index (χ1v) is 10.0. The fourth-order valence-electron chi connectivity index (χ4n) is 3.43. The fourth-order valence-corrected chi connectivity index (χ4v) is 5.88. The van der Waals surface area contributed by atoms with E-state index in [1.807, 2.05) is 23.5 Å². The number of fused-ring (bicyclic) bond motifs is 2. The molecule has 3 aliphatic heterocycles. The van der Waals surface area contributed by atoms with E-state index in [2.05, 4.69) is 40.1 Å². The molecule has 0 saturated carbocycles. The van der Waals surface area contributed by atoms with Crippen LogP contribution in [-0.2, 0) is 11.2 Å². The Morgan fingerprint density at radius 1 is 1.14 bits per heavy atom. The molecule has 4 rings (SSSR count). The zero-order valence-electron chi connectivity index (χ0n) is 12.5. The summed E-state index contributed by atoms with van der Waals surface area (Å²) >= 11 is 3.89. The molecule has 1 unspecified atom stereocenters. The average molecular weight is 332 g/mol. The van der Waals surface area contributed by atoms with Crippen molar-refractivity contribution in [3.05, 3.63) is 46.5 Å². The zero-order chi connectivity index (χ0) is 14.9. The maximum atomic E-state index is 12.8. The van der Waals surface area contributed by atoms with Crippen molar-refractivity contribution in [3.8, 4) is 0 Å². The van der Waals surface area contributed by atoms with Crippen molar-refractivity contribution in [1.29, 1.82) is 0 Å². The summed E-state index contributed by atoms with van der Waals surface area (Å²) < 4.78 is 0. The van der Waals surface area contributed by atoms with E-state index < -0.39 is 0 Å². The van der Waals surface area contributed by atoms with E-state index in [-0.39, 0.29) is 5.91 Å². The van der Waals surface area contributed by atoms with Crippen LogP contribution in [0.2, 0.25) is 0 Å². The predicted octanol–water partition coefficient (Wildman–Crippen LogP) is 2.45. The van der Waals surface area contributed by atoms with Gasteiger partial charge < -0.3 is 9.80 Å². The minimum absolute atomic E-state index is 0.278. The second-order valence-corrected chi connectivity index (χ2v) is 8.16. The number of carbonyl (C=O) groups excluding carboxylic acids is 1. The van der Waals surface area contributed by atoms with Gasteiger partial charge in [0.15, 0.2) is 0 Å². The first-order valence-electron chi connectivity index (χ1n) is 7.89. The molecule has 0 aliphatic carbocycles. The molecule has 0 N–H and O–H groups in total. The van der Waals surface area contributed by atoms with Gasteiger partial charge in [-0.1, -0.05) is 30.3 Å². The Hall–Kier alpha value is -1.07. The summed E-state index contributed by atoms with van der Waals surface area (Å²) in [5.74, 6) is 3.54. The molecule has 0 radical (unpaired) electrons. The number of nitrogens with zero attached hydrogens (tertiary/aromatic N) is 2. The largest absolute Gasteiger partial charge is 0.365 e. The molecule has 1 atom stereocenters. The summed E-state index contributed by atoms with van der Waals surface area (Å²) in [6.45, 7) is 2.85. The highest BCUT2D eigenvalue weighted by molar-refractivity contribution is 8.03. The lowest BCUT2D eigenvalue weighted by atomic mass is 10.1. The molecule has 0 aromatic heterocycles. The normalized spacial score (nSPS) is 24.5. The highest BCUT2D eigenvalue weighted by atomic mass is 32.2. The van der Waals surface area contributed by atoms with Crippen molar-refractivity contribution in [2.75, 3.05) is 36.9 Å². The summed E-state index contributed by atoms with van der Waals surface area (Å²) in [5, 5.41) is 0. The Balaban J connectivity index is 1.53. The Morgan fingerprint density at radius 2 is 2.00 bits per heavy atom.